The van der Waals surface area contributed by atoms with Gasteiger partial charge in [-0.05, 0) is 44.6 Å². The van der Waals surface area contributed by atoms with Crippen LogP contribution in [0.2, 0.25) is 5.02 Å². The number of thiazole rings is 1. The molecule has 2 fully saturated rings. The van der Waals surface area contributed by atoms with Gasteiger partial charge in [0.15, 0.2) is 10.9 Å². The predicted octanol–water partition coefficient (Wildman–Crippen LogP) is 4.81. The van der Waals surface area contributed by atoms with Crippen molar-refractivity contribution in [1.82, 2.24) is 20.2 Å². The molecule has 12 heteroatoms. The van der Waals surface area contributed by atoms with E-state index in [4.69, 9.17) is 17.3 Å². The Bertz CT molecular complexity index is 1630. The third-order valence-corrected chi connectivity index (χ3v) is 8.84. The summed E-state index contributed by atoms with van der Waals surface area (Å²) in [6, 6.07) is 7.00. The molecule has 0 bridgehead atoms. The Labute approximate surface area is 233 Å². The lowest BCUT2D eigenvalue weighted by atomic mass is 9.98. The number of nitrogens with two attached hydrogens (primary N) is 1. The molecule has 0 spiro atoms. The van der Waals surface area contributed by atoms with Crippen molar-refractivity contribution in [3.8, 4) is 17.2 Å². The zero-order chi connectivity index (χ0) is 27.3. The Morgan fingerprint density at radius 1 is 1.23 bits per heavy atom. The minimum Gasteiger partial charge on any atom is -0.375 e. The third-order valence-electron chi connectivity index (χ3n) is 7.65. The normalized spacial score (nSPS) is 18.2. The topological polar surface area (TPSA) is 106 Å². The van der Waals surface area contributed by atoms with E-state index in [2.05, 4.69) is 43.5 Å². The summed E-state index contributed by atoms with van der Waals surface area (Å²) in [6.07, 6.45) is 2.14. The molecule has 202 valence electrons. The van der Waals surface area contributed by atoms with Gasteiger partial charge in [0, 0.05) is 55.3 Å². The molecule has 4 N–H and O–H groups in total. The quantitative estimate of drug-likeness (QED) is 0.315. The fraction of sp³-hybridized carbons (Fsp3) is 0.370. The van der Waals surface area contributed by atoms with Crippen LogP contribution in [0.5, 0.6) is 0 Å². The molecule has 1 atom stereocenters. The molecule has 2 saturated heterocycles. The number of nitrogens with one attached hydrogen (secondary N) is 2. The number of piperazine rings is 1. The van der Waals surface area contributed by atoms with E-state index < -0.39 is 11.6 Å². The maximum atomic E-state index is 16.6. The number of rotatable bonds is 5. The maximum Gasteiger partial charge on any atom is 0.181 e. The molecular weight excluding hydrogens is 542 g/mol. The van der Waals surface area contributed by atoms with Crippen LogP contribution in [0, 0.1) is 23.0 Å². The van der Waals surface area contributed by atoms with Gasteiger partial charge in [0.1, 0.15) is 28.8 Å². The van der Waals surface area contributed by atoms with E-state index in [1.807, 2.05) is 0 Å². The molecule has 2 aliphatic rings. The summed E-state index contributed by atoms with van der Waals surface area (Å²) in [4.78, 5) is 13.3. The molecule has 4 heterocycles. The molecule has 0 saturated carbocycles. The molecule has 2 aromatic carbocycles. The van der Waals surface area contributed by atoms with Gasteiger partial charge < -0.3 is 26.2 Å². The fourth-order valence-electron chi connectivity index (χ4n) is 5.66. The van der Waals surface area contributed by atoms with Crippen molar-refractivity contribution in [2.75, 3.05) is 62.3 Å². The van der Waals surface area contributed by atoms with Crippen molar-refractivity contribution in [3.63, 3.8) is 0 Å². The van der Waals surface area contributed by atoms with E-state index in [0.29, 0.717) is 53.7 Å². The molecular formula is C27H27ClF2N8S. The summed E-state index contributed by atoms with van der Waals surface area (Å²) >= 11 is 7.75. The first-order valence-electron chi connectivity index (χ1n) is 12.9. The Hall–Kier alpha value is -3.30. The summed E-state index contributed by atoms with van der Waals surface area (Å²) in [5.41, 5.74) is 7.59. The third kappa shape index (κ3) is 4.51. The van der Waals surface area contributed by atoms with Crippen LogP contribution in [-0.4, -0.2) is 67.2 Å². The standard InChI is InChI=1S/C27H27ClF2N8S/c1-37-8-2-3-14(37)13-34-26-17(12-31)24(38-9-6-33-7-10-38)16-11-18(28)20(21(30)22(16)35-26)15-4-5-19(29)25-23(15)36-27(32)39-25/h4-5,11,14,33H,2-3,6-10,13H2,1H3,(H2,32,36)(H,34,35)/t14-/m0/s1. The van der Waals surface area contributed by atoms with Crippen LogP contribution in [-0.2, 0) is 0 Å². The lowest BCUT2D eigenvalue weighted by molar-refractivity contribution is 0.322. The van der Waals surface area contributed by atoms with Gasteiger partial charge in [0.25, 0.3) is 0 Å². The number of anilines is 3. The number of nitriles is 1. The second kappa shape index (κ2) is 10.4. The van der Waals surface area contributed by atoms with Gasteiger partial charge >= 0.3 is 0 Å². The number of hydrogen-bond acceptors (Lipinski definition) is 9. The van der Waals surface area contributed by atoms with Crippen LogP contribution >= 0.6 is 22.9 Å². The number of pyridine rings is 1. The predicted molar refractivity (Wildman–Crippen MR) is 154 cm³/mol. The van der Waals surface area contributed by atoms with Crippen molar-refractivity contribution >= 4 is 60.7 Å². The van der Waals surface area contributed by atoms with Gasteiger partial charge in [-0.25, -0.2) is 18.7 Å². The number of likely N-dealkylation sites (tertiary alicyclic amines) is 1. The lowest BCUT2D eigenvalue weighted by Gasteiger charge is -2.32. The van der Waals surface area contributed by atoms with E-state index in [0.717, 1.165) is 43.8 Å². The van der Waals surface area contributed by atoms with Crippen molar-refractivity contribution < 1.29 is 8.78 Å². The molecule has 0 amide bonds. The minimum absolute atomic E-state index is 0.0735. The number of fused-ring (bicyclic) bond motifs is 2. The second-order valence-electron chi connectivity index (χ2n) is 9.96. The summed E-state index contributed by atoms with van der Waals surface area (Å²) in [5, 5.41) is 17.7. The fourth-order valence-corrected chi connectivity index (χ4v) is 6.71. The number of aromatic nitrogens is 2. The van der Waals surface area contributed by atoms with Crippen molar-refractivity contribution in [1.29, 1.82) is 5.26 Å². The second-order valence-corrected chi connectivity index (χ2v) is 11.4. The molecule has 39 heavy (non-hydrogen) atoms. The zero-order valence-corrected chi connectivity index (χ0v) is 22.9. The number of hydrogen-bond donors (Lipinski definition) is 3. The van der Waals surface area contributed by atoms with Gasteiger partial charge in [0.05, 0.1) is 20.9 Å². The Kier molecular flexibility index (Phi) is 6.89. The van der Waals surface area contributed by atoms with E-state index in [-0.39, 0.29) is 31.5 Å². The number of nitrogens with zero attached hydrogens (tertiary/aromatic N) is 5. The number of likely N-dealkylation sites (N-methyl/N-ethyl adjacent to an activating group) is 1. The number of halogens is 3. The molecule has 0 unspecified atom stereocenters. The highest BCUT2D eigenvalue weighted by Crippen LogP contribution is 2.44. The highest BCUT2D eigenvalue weighted by atomic mass is 35.5. The first kappa shape index (κ1) is 26.0. The molecule has 0 radical (unpaired) electrons. The number of nitrogen functional groups attached to an aromatic ring is 1. The van der Waals surface area contributed by atoms with Gasteiger partial charge in [-0.3, -0.25) is 0 Å². The Morgan fingerprint density at radius 2 is 2.03 bits per heavy atom. The van der Waals surface area contributed by atoms with E-state index in [1.165, 1.54) is 12.1 Å². The van der Waals surface area contributed by atoms with Crippen molar-refractivity contribution in [2.24, 2.45) is 0 Å². The molecule has 2 aliphatic heterocycles. The SMILES string of the molecule is CN1CCC[C@H]1CNc1nc2c(F)c(-c3ccc(F)c4sc(N)nc34)c(Cl)cc2c(N2CCNCC2)c1C#N. The van der Waals surface area contributed by atoms with Crippen LogP contribution in [0.1, 0.15) is 18.4 Å². The first-order chi connectivity index (χ1) is 18.9. The minimum atomic E-state index is -0.654. The van der Waals surface area contributed by atoms with Crippen LogP contribution in [0.3, 0.4) is 0 Å². The van der Waals surface area contributed by atoms with E-state index in [9.17, 15) is 9.65 Å². The van der Waals surface area contributed by atoms with Gasteiger partial charge in [0.2, 0.25) is 0 Å². The highest BCUT2D eigenvalue weighted by Gasteiger charge is 2.28. The van der Waals surface area contributed by atoms with E-state index in [1.54, 1.807) is 6.07 Å². The molecule has 6 rings (SSSR count). The summed E-state index contributed by atoms with van der Waals surface area (Å²) < 4.78 is 31.3. The summed E-state index contributed by atoms with van der Waals surface area (Å²) in [7, 11) is 2.08. The monoisotopic (exact) mass is 568 g/mol. The van der Waals surface area contributed by atoms with Crippen LogP contribution in [0.25, 0.3) is 32.2 Å². The smallest absolute Gasteiger partial charge is 0.181 e. The summed E-state index contributed by atoms with van der Waals surface area (Å²) in [6.45, 7) is 4.36. The summed E-state index contributed by atoms with van der Waals surface area (Å²) in [5.74, 6) is -0.798. The van der Waals surface area contributed by atoms with Crippen LogP contribution in [0.15, 0.2) is 18.2 Å². The zero-order valence-electron chi connectivity index (χ0n) is 21.3. The van der Waals surface area contributed by atoms with Crippen LogP contribution < -0.4 is 21.3 Å². The Morgan fingerprint density at radius 3 is 2.74 bits per heavy atom. The Balaban J connectivity index is 1.57. The van der Waals surface area contributed by atoms with Crippen molar-refractivity contribution in [2.45, 2.75) is 18.9 Å². The van der Waals surface area contributed by atoms with Gasteiger partial charge in [-0.2, -0.15) is 5.26 Å². The average molecular weight is 569 g/mol. The largest absolute Gasteiger partial charge is 0.375 e. The molecule has 4 aromatic rings. The van der Waals surface area contributed by atoms with Crippen LogP contribution in [0.4, 0.5) is 25.4 Å². The molecule has 8 nitrogen and oxygen atoms in total. The molecule has 2 aromatic heterocycles. The maximum absolute atomic E-state index is 16.6. The average Bonchev–Trinajstić information content (AvgIpc) is 3.53. The van der Waals surface area contributed by atoms with E-state index >= 15 is 4.39 Å². The highest BCUT2D eigenvalue weighted by molar-refractivity contribution is 7.22. The van der Waals surface area contributed by atoms with Gasteiger partial charge in [-0.1, -0.05) is 22.9 Å². The van der Waals surface area contributed by atoms with Crippen molar-refractivity contribution in [3.05, 3.63) is 40.4 Å². The molecule has 0 aliphatic carbocycles. The number of benzene rings is 2. The van der Waals surface area contributed by atoms with Gasteiger partial charge in [-0.15, -0.1) is 0 Å². The lowest BCUT2D eigenvalue weighted by Crippen LogP contribution is -2.44. The first-order valence-corrected chi connectivity index (χ1v) is 14.1.